The van der Waals surface area contributed by atoms with Crippen molar-refractivity contribution in [1.29, 1.82) is 0 Å². The highest BCUT2D eigenvalue weighted by Crippen LogP contribution is 2.59. The van der Waals surface area contributed by atoms with Crippen molar-refractivity contribution in [2.24, 2.45) is 5.92 Å². The molecule has 1 aliphatic carbocycles. The van der Waals surface area contributed by atoms with Gasteiger partial charge in [0, 0.05) is 41.9 Å². The van der Waals surface area contributed by atoms with Crippen molar-refractivity contribution < 1.29 is 14.3 Å². The van der Waals surface area contributed by atoms with Crippen LogP contribution < -0.4 is 0 Å². The lowest BCUT2D eigenvalue weighted by molar-refractivity contribution is -0.151. The Morgan fingerprint density at radius 1 is 1.06 bits per heavy atom. The van der Waals surface area contributed by atoms with Crippen LogP contribution in [0.1, 0.15) is 71.9 Å². The lowest BCUT2D eigenvalue weighted by Crippen LogP contribution is -2.54. The number of nitrogens with zero attached hydrogens (tertiary/aromatic N) is 2. The van der Waals surface area contributed by atoms with Crippen LogP contribution in [0.3, 0.4) is 0 Å². The van der Waals surface area contributed by atoms with Gasteiger partial charge in [0.25, 0.3) is 5.91 Å². The van der Waals surface area contributed by atoms with Crippen LogP contribution in [0.5, 0.6) is 0 Å². The molecule has 182 valence electrons. The summed E-state index contributed by atoms with van der Waals surface area (Å²) in [4.78, 5) is 28.9. The Kier molecular flexibility index (Phi) is 6.04. The largest absolute Gasteiger partial charge is 0.467 e. The summed E-state index contributed by atoms with van der Waals surface area (Å²) < 4.78 is 7.82. The first kappa shape index (κ1) is 23.4. The first-order chi connectivity index (χ1) is 16.9. The highest BCUT2D eigenvalue weighted by Gasteiger charge is 2.63. The predicted octanol–water partition coefficient (Wildman–Crippen LogP) is 5.39. The zero-order valence-electron chi connectivity index (χ0n) is 21.0. The standard InChI is InChI=1S/C30H34N2O3/c1-5-12-23-17-24-26-25(20(2)27(24)31(23)18-21-13-8-6-9-14-21)19-32(30(26,3)29(34)35-4)28(33)22-15-10-7-11-16-22/h6-11,13-17,20,25-26H,5,12,18-19H2,1-4H3/t20?,25-,26+,30+/m0/s1. The van der Waals surface area contributed by atoms with Gasteiger partial charge in [0.05, 0.1) is 7.11 Å². The molecule has 1 saturated heterocycles. The first-order valence-electron chi connectivity index (χ1n) is 12.6. The van der Waals surface area contributed by atoms with Crippen molar-refractivity contribution >= 4 is 11.9 Å². The Labute approximate surface area is 207 Å². The summed E-state index contributed by atoms with van der Waals surface area (Å²) in [6.07, 6.45) is 2.03. The maximum atomic E-state index is 13.7. The molecule has 0 bridgehead atoms. The zero-order valence-corrected chi connectivity index (χ0v) is 21.0. The van der Waals surface area contributed by atoms with Crippen molar-refractivity contribution in [3.8, 4) is 0 Å². The minimum absolute atomic E-state index is 0.0970. The summed E-state index contributed by atoms with van der Waals surface area (Å²) in [6, 6.07) is 22.1. The summed E-state index contributed by atoms with van der Waals surface area (Å²) in [5, 5.41) is 0. The molecule has 2 aromatic carbocycles. The third-order valence-electron chi connectivity index (χ3n) is 8.21. The topological polar surface area (TPSA) is 51.5 Å². The van der Waals surface area contributed by atoms with Crippen LogP contribution in [0.4, 0.5) is 0 Å². The van der Waals surface area contributed by atoms with E-state index in [-0.39, 0.29) is 29.6 Å². The monoisotopic (exact) mass is 470 g/mol. The third-order valence-corrected chi connectivity index (χ3v) is 8.21. The lowest BCUT2D eigenvalue weighted by atomic mass is 9.78. The third kappa shape index (κ3) is 3.60. The van der Waals surface area contributed by atoms with Crippen LogP contribution >= 0.6 is 0 Å². The van der Waals surface area contributed by atoms with Gasteiger partial charge in [0.15, 0.2) is 0 Å². The second kappa shape index (κ2) is 9.03. The van der Waals surface area contributed by atoms with Gasteiger partial charge < -0.3 is 14.2 Å². The Morgan fingerprint density at radius 2 is 1.71 bits per heavy atom. The molecule has 0 radical (unpaired) electrons. The molecule has 3 aromatic rings. The fourth-order valence-electron chi connectivity index (χ4n) is 6.56. The van der Waals surface area contributed by atoms with Gasteiger partial charge in [-0.05, 0) is 48.6 Å². The maximum Gasteiger partial charge on any atom is 0.332 e. The van der Waals surface area contributed by atoms with Gasteiger partial charge in [-0.15, -0.1) is 0 Å². The van der Waals surface area contributed by atoms with E-state index in [0.29, 0.717) is 12.1 Å². The highest BCUT2D eigenvalue weighted by atomic mass is 16.5. The summed E-state index contributed by atoms with van der Waals surface area (Å²) in [7, 11) is 1.43. The summed E-state index contributed by atoms with van der Waals surface area (Å²) >= 11 is 0. The molecule has 5 heteroatoms. The van der Waals surface area contributed by atoms with E-state index in [2.05, 4.69) is 48.7 Å². The number of likely N-dealkylation sites (tertiary alicyclic amines) is 1. The van der Waals surface area contributed by atoms with E-state index in [1.54, 1.807) is 4.90 Å². The fraction of sp³-hybridized carbons (Fsp3) is 0.400. The molecule has 5 rings (SSSR count). The molecule has 1 aromatic heterocycles. The van der Waals surface area contributed by atoms with E-state index in [1.807, 2.05) is 43.3 Å². The van der Waals surface area contributed by atoms with Crippen LogP contribution in [-0.4, -0.2) is 40.5 Å². The van der Waals surface area contributed by atoms with Gasteiger partial charge in [0.1, 0.15) is 5.54 Å². The van der Waals surface area contributed by atoms with Crippen molar-refractivity contribution in [1.82, 2.24) is 9.47 Å². The number of benzene rings is 2. The number of amides is 1. The maximum absolute atomic E-state index is 13.7. The van der Waals surface area contributed by atoms with Crippen LogP contribution in [0, 0.1) is 5.92 Å². The number of rotatable bonds is 6. The Balaban J connectivity index is 1.61. The molecular formula is C30H34N2O3. The molecule has 2 heterocycles. The van der Waals surface area contributed by atoms with E-state index in [9.17, 15) is 9.59 Å². The Hall–Kier alpha value is -3.34. The second-order valence-electron chi connectivity index (χ2n) is 10.1. The fourth-order valence-corrected chi connectivity index (χ4v) is 6.56. The smallest absolute Gasteiger partial charge is 0.332 e. The molecule has 1 unspecified atom stereocenters. The summed E-state index contributed by atoms with van der Waals surface area (Å²) in [6.45, 7) is 7.71. The summed E-state index contributed by atoms with van der Waals surface area (Å²) in [5.41, 5.74) is 4.63. The minimum Gasteiger partial charge on any atom is -0.467 e. The van der Waals surface area contributed by atoms with E-state index >= 15 is 0 Å². The van der Waals surface area contributed by atoms with E-state index in [1.165, 1.54) is 29.6 Å². The van der Waals surface area contributed by atoms with Crippen molar-refractivity contribution in [2.45, 2.75) is 57.5 Å². The molecule has 0 spiro atoms. The highest BCUT2D eigenvalue weighted by molar-refractivity contribution is 5.99. The van der Waals surface area contributed by atoms with E-state index in [0.717, 1.165) is 19.4 Å². The van der Waals surface area contributed by atoms with Gasteiger partial charge in [-0.1, -0.05) is 68.8 Å². The van der Waals surface area contributed by atoms with Gasteiger partial charge in [0.2, 0.25) is 0 Å². The van der Waals surface area contributed by atoms with E-state index in [4.69, 9.17) is 4.74 Å². The number of carbonyl (C=O) groups is 2. The molecule has 1 fully saturated rings. The molecule has 4 atom stereocenters. The molecule has 1 aliphatic heterocycles. The average Bonchev–Trinajstić information content (AvgIpc) is 3.48. The molecule has 0 saturated carbocycles. The molecule has 5 nitrogen and oxygen atoms in total. The van der Waals surface area contributed by atoms with Crippen LogP contribution in [0.15, 0.2) is 66.7 Å². The molecule has 0 N–H and O–H groups in total. The number of aromatic nitrogens is 1. The Morgan fingerprint density at radius 3 is 2.34 bits per heavy atom. The van der Waals surface area contributed by atoms with Crippen LogP contribution in [0.2, 0.25) is 0 Å². The molecular weight excluding hydrogens is 436 g/mol. The number of aryl methyl sites for hydroxylation is 1. The van der Waals surface area contributed by atoms with Gasteiger partial charge in [-0.25, -0.2) is 4.79 Å². The Bertz CT molecular complexity index is 1230. The van der Waals surface area contributed by atoms with E-state index < -0.39 is 5.54 Å². The number of ether oxygens (including phenoxy) is 1. The SMILES string of the molecule is CCCc1cc2c(n1Cc1ccccc1)C(C)[C@@H]1CN(C(=O)c3ccccc3)[C@@](C)(C(=O)OC)[C@H]21. The molecule has 1 amide bonds. The van der Waals surface area contributed by atoms with Crippen molar-refractivity contribution in [3.05, 3.63) is 94.8 Å². The van der Waals surface area contributed by atoms with Crippen LogP contribution in [-0.2, 0) is 22.5 Å². The average molecular weight is 471 g/mol. The van der Waals surface area contributed by atoms with Gasteiger partial charge >= 0.3 is 5.97 Å². The van der Waals surface area contributed by atoms with Crippen molar-refractivity contribution in [3.63, 3.8) is 0 Å². The summed E-state index contributed by atoms with van der Waals surface area (Å²) in [5.74, 6) is -0.169. The quantitative estimate of drug-likeness (QED) is 0.454. The number of hydrogen-bond donors (Lipinski definition) is 0. The number of fused-ring (bicyclic) bond motifs is 3. The number of methoxy groups -OCH3 is 1. The number of hydrogen-bond acceptors (Lipinski definition) is 3. The molecule has 35 heavy (non-hydrogen) atoms. The van der Waals surface area contributed by atoms with Gasteiger partial charge in [-0.2, -0.15) is 0 Å². The molecule has 2 aliphatic rings. The zero-order chi connectivity index (χ0) is 24.7. The number of carbonyl (C=O) groups excluding carboxylic acids is 2. The lowest BCUT2D eigenvalue weighted by Gasteiger charge is -2.36. The number of esters is 1. The predicted molar refractivity (Wildman–Crippen MR) is 137 cm³/mol. The van der Waals surface area contributed by atoms with Crippen LogP contribution in [0.25, 0.3) is 0 Å². The van der Waals surface area contributed by atoms with Crippen molar-refractivity contribution in [2.75, 3.05) is 13.7 Å². The second-order valence-corrected chi connectivity index (χ2v) is 10.1. The first-order valence-corrected chi connectivity index (χ1v) is 12.6. The normalized spacial score (nSPS) is 24.8. The minimum atomic E-state index is -1.06. The van der Waals surface area contributed by atoms with Gasteiger partial charge in [-0.3, -0.25) is 4.79 Å².